The summed E-state index contributed by atoms with van der Waals surface area (Å²) in [6, 6.07) is 4.45. The van der Waals surface area contributed by atoms with Crippen molar-refractivity contribution in [2.45, 2.75) is 4.90 Å². The smallest absolute Gasteiger partial charge is 0.263 e. The molecule has 3 N–H and O–H groups in total. The number of hydrogen-bond acceptors (Lipinski definition) is 5. The molecule has 0 radical (unpaired) electrons. The first-order valence-electron chi connectivity index (χ1n) is 4.47. The number of nitrogens with zero attached hydrogens (tertiary/aromatic N) is 1. The highest BCUT2D eigenvalue weighted by Gasteiger charge is 2.16. The van der Waals surface area contributed by atoms with Crippen molar-refractivity contribution < 1.29 is 17.3 Å². The van der Waals surface area contributed by atoms with Crippen molar-refractivity contribution in [1.82, 2.24) is 5.16 Å². The second-order valence-electron chi connectivity index (χ2n) is 3.17. The second-order valence-corrected chi connectivity index (χ2v) is 4.86. The summed E-state index contributed by atoms with van der Waals surface area (Å²) < 4.78 is 43.1. The van der Waals surface area contributed by atoms with Crippen LogP contribution in [-0.2, 0) is 10.0 Å². The summed E-state index contributed by atoms with van der Waals surface area (Å²) in [6.07, 6.45) is 1.22. The van der Waals surface area contributed by atoms with Gasteiger partial charge in [-0.25, -0.2) is 12.8 Å². The number of nitrogens with two attached hydrogens (primary N) is 1. The molecular formula is C9H8FN3O3S. The van der Waals surface area contributed by atoms with Crippen LogP contribution in [-0.4, -0.2) is 13.6 Å². The summed E-state index contributed by atoms with van der Waals surface area (Å²) in [6.45, 7) is 0. The van der Waals surface area contributed by atoms with Crippen LogP contribution < -0.4 is 10.5 Å². The fraction of sp³-hybridized carbons (Fsp3) is 0. The van der Waals surface area contributed by atoms with Crippen LogP contribution in [0, 0.1) is 5.82 Å². The van der Waals surface area contributed by atoms with Gasteiger partial charge >= 0.3 is 0 Å². The molecule has 0 aliphatic heterocycles. The van der Waals surface area contributed by atoms with Crippen molar-refractivity contribution in [1.29, 1.82) is 0 Å². The lowest BCUT2D eigenvalue weighted by atomic mass is 10.3. The summed E-state index contributed by atoms with van der Waals surface area (Å²) in [5.41, 5.74) is 5.05. The predicted octanol–water partition coefficient (Wildman–Crippen LogP) is 1.20. The highest BCUT2D eigenvalue weighted by molar-refractivity contribution is 7.92. The fourth-order valence-electron chi connectivity index (χ4n) is 1.15. The summed E-state index contributed by atoms with van der Waals surface area (Å²) >= 11 is 0. The number of aromatic nitrogens is 1. The van der Waals surface area contributed by atoms with E-state index in [1.807, 2.05) is 0 Å². The molecule has 0 saturated carbocycles. The van der Waals surface area contributed by atoms with Crippen molar-refractivity contribution in [3.05, 3.63) is 36.3 Å². The number of halogens is 1. The molecule has 90 valence electrons. The van der Waals surface area contributed by atoms with Crippen molar-refractivity contribution in [3.8, 4) is 0 Å². The SMILES string of the molecule is Nc1cc(S(=O)(=O)Nc2ccon2)ccc1F. The molecule has 2 aromatic rings. The van der Waals surface area contributed by atoms with Crippen LogP contribution in [0.2, 0.25) is 0 Å². The van der Waals surface area contributed by atoms with Crippen molar-refractivity contribution in [2.24, 2.45) is 0 Å². The van der Waals surface area contributed by atoms with Gasteiger partial charge in [0, 0.05) is 6.07 Å². The van der Waals surface area contributed by atoms with E-state index in [0.29, 0.717) is 0 Å². The van der Waals surface area contributed by atoms with Gasteiger partial charge < -0.3 is 10.3 Å². The van der Waals surface area contributed by atoms with E-state index in [1.165, 1.54) is 12.3 Å². The minimum Gasteiger partial charge on any atom is -0.396 e. The molecule has 0 amide bonds. The molecule has 1 aromatic heterocycles. The van der Waals surface area contributed by atoms with E-state index < -0.39 is 15.8 Å². The molecule has 17 heavy (non-hydrogen) atoms. The monoisotopic (exact) mass is 257 g/mol. The van der Waals surface area contributed by atoms with Crippen molar-refractivity contribution in [3.63, 3.8) is 0 Å². The van der Waals surface area contributed by atoms with E-state index >= 15 is 0 Å². The zero-order valence-corrected chi connectivity index (χ0v) is 9.24. The van der Waals surface area contributed by atoms with Crippen LogP contribution in [0.1, 0.15) is 0 Å². The minimum atomic E-state index is -3.84. The molecule has 0 aliphatic rings. The summed E-state index contributed by atoms with van der Waals surface area (Å²) in [4.78, 5) is -0.153. The van der Waals surface area contributed by atoms with Gasteiger partial charge in [0.05, 0.1) is 10.6 Å². The minimum absolute atomic E-state index is 0.0351. The number of hydrogen-bond donors (Lipinski definition) is 2. The van der Waals surface area contributed by atoms with Gasteiger partial charge in [0.2, 0.25) is 0 Å². The molecule has 1 heterocycles. The molecule has 0 bridgehead atoms. The Morgan fingerprint density at radius 1 is 1.35 bits per heavy atom. The zero-order valence-electron chi connectivity index (χ0n) is 8.42. The number of nitrogen functional groups attached to an aromatic ring is 1. The highest BCUT2D eigenvalue weighted by atomic mass is 32.2. The maximum absolute atomic E-state index is 12.9. The van der Waals surface area contributed by atoms with E-state index in [9.17, 15) is 12.8 Å². The molecule has 0 unspecified atom stereocenters. The van der Waals surface area contributed by atoms with Crippen LogP contribution in [0.4, 0.5) is 15.9 Å². The average Bonchev–Trinajstić information content (AvgIpc) is 2.73. The van der Waals surface area contributed by atoms with Crippen molar-refractivity contribution >= 4 is 21.5 Å². The van der Waals surface area contributed by atoms with Crippen LogP contribution in [0.25, 0.3) is 0 Å². The molecule has 0 atom stereocenters. The standard InChI is InChI=1S/C9H8FN3O3S/c10-7-2-1-6(5-8(7)11)17(14,15)13-9-3-4-16-12-9/h1-5H,11H2,(H,12,13). The summed E-state index contributed by atoms with van der Waals surface area (Å²) in [5.74, 6) is -0.640. The van der Waals surface area contributed by atoms with E-state index in [1.54, 1.807) is 0 Å². The van der Waals surface area contributed by atoms with Gasteiger partial charge in [-0.2, -0.15) is 0 Å². The van der Waals surface area contributed by atoms with Gasteiger partial charge in [0.1, 0.15) is 12.1 Å². The Balaban J connectivity index is 2.35. The van der Waals surface area contributed by atoms with Gasteiger partial charge in [-0.3, -0.25) is 4.72 Å². The Morgan fingerprint density at radius 2 is 2.12 bits per heavy atom. The molecule has 6 nitrogen and oxygen atoms in total. The number of benzene rings is 1. The maximum Gasteiger partial charge on any atom is 0.263 e. The topological polar surface area (TPSA) is 98.2 Å². The molecule has 2 rings (SSSR count). The van der Waals surface area contributed by atoms with E-state index in [4.69, 9.17) is 5.73 Å². The molecule has 8 heteroatoms. The quantitative estimate of drug-likeness (QED) is 0.805. The molecule has 1 aromatic carbocycles. The third-order valence-corrected chi connectivity index (χ3v) is 3.31. The molecule has 0 saturated heterocycles. The van der Waals surface area contributed by atoms with Gasteiger partial charge in [-0.05, 0) is 18.2 Å². The Hall–Kier alpha value is -2.09. The normalized spacial score (nSPS) is 11.4. The lowest BCUT2D eigenvalue weighted by Crippen LogP contribution is -2.13. The molecule has 0 aliphatic carbocycles. The molecular weight excluding hydrogens is 249 g/mol. The van der Waals surface area contributed by atoms with Gasteiger partial charge in [-0.15, -0.1) is 0 Å². The largest absolute Gasteiger partial charge is 0.396 e. The molecule has 0 spiro atoms. The van der Waals surface area contributed by atoms with Crippen LogP contribution in [0.3, 0.4) is 0 Å². The zero-order chi connectivity index (χ0) is 12.5. The Morgan fingerprint density at radius 3 is 2.71 bits per heavy atom. The van der Waals surface area contributed by atoms with Crippen LogP contribution >= 0.6 is 0 Å². The average molecular weight is 257 g/mol. The van der Waals surface area contributed by atoms with E-state index in [2.05, 4.69) is 14.4 Å². The first kappa shape index (κ1) is 11.4. The van der Waals surface area contributed by atoms with Crippen LogP contribution in [0.5, 0.6) is 0 Å². The highest BCUT2D eigenvalue weighted by Crippen LogP contribution is 2.18. The summed E-state index contributed by atoms with van der Waals surface area (Å²) in [7, 11) is -3.84. The number of anilines is 2. The van der Waals surface area contributed by atoms with Gasteiger partial charge in [-0.1, -0.05) is 5.16 Å². The Kier molecular flexibility index (Phi) is 2.72. The van der Waals surface area contributed by atoms with E-state index in [0.717, 1.165) is 18.2 Å². The lowest BCUT2D eigenvalue weighted by molar-refractivity contribution is 0.423. The Labute approximate surface area is 96.3 Å². The third kappa shape index (κ3) is 2.36. The number of nitrogens with one attached hydrogen (secondary N) is 1. The first-order valence-corrected chi connectivity index (χ1v) is 5.95. The van der Waals surface area contributed by atoms with E-state index in [-0.39, 0.29) is 16.4 Å². The third-order valence-electron chi connectivity index (χ3n) is 1.95. The van der Waals surface area contributed by atoms with Crippen molar-refractivity contribution in [2.75, 3.05) is 10.5 Å². The predicted molar refractivity (Wildman–Crippen MR) is 58.1 cm³/mol. The molecule has 0 fully saturated rings. The second kappa shape index (κ2) is 4.06. The van der Waals surface area contributed by atoms with Gasteiger partial charge in [0.15, 0.2) is 5.82 Å². The fourth-order valence-corrected chi connectivity index (χ4v) is 2.18. The van der Waals surface area contributed by atoms with Crippen LogP contribution in [0.15, 0.2) is 39.9 Å². The number of sulfonamides is 1. The first-order chi connectivity index (χ1) is 7.99. The Bertz CT molecular complexity index is 625. The maximum atomic E-state index is 12.9. The van der Waals surface area contributed by atoms with Gasteiger partial charge in [0.25, 0.3) is 10.0 Å². The summed E-state index contributed by atoms with van der Waals surface area (Å²) in [5, 5.41) is 3.40. The lowest BCUT2D eigenvalue weighted by Gasteiger charge is -2.05. The number of rotatable bonds is 3.